The van der Waals surface area contributed by atoms with Gasteiger partial charge in [-0.15, -0.1) is 0 Å². The summed E-state index contributed by atoms with van der Waals surface area (Å²) in [6.45, 7) is 0.812. The van der Waals surface area contributed by atoms with E-state index in [9.17, 15) is 13.5 Å². The molecule has 2 N–H and O–H groups in total. The molecule has 31 heavy (non-hydrogen) atoms. The summed E-state index contributed by atoms with van der Waals surface area (Å²) < 4.78 is 35.1. The smallest absolute Gasteiger partial charge is 0.246 e. The van der Waals surface area contributed by atoms with Crippen molar-refractivity contribution in [1.82, 2.24) is 24.1 Å². The van der Waals surface area contributed by atoms with Crippen molar-refractivity contribution in [2.45, 2.75) is 61.7 Å². The van der Waals surface area contributed by atoms with Gasteiger partial charge in [0.05, 0.1) is 23.0 Å². The monoisotopic (exact) mass is 514 g/mol. The molecule has 1 aliphatic heterocycles. The molecule has 10 nitrogen and oxygen atoms in total. The zero-order valence-electron chi connectivity index (χ0n) is 17.3. The summed E-state index contributed by atoms with van der Waals surface area (Å²) in [7, 11) is -1.84. The van der Waals surface area contributed by atoms with Gasteiger partial charge in [-0.2, -0.15) is 14.4 Å². The molecule has 1 saturated carbocycles. The van der Waals surface area contributed by atoms with Crippen molar-refractivity contribution in [3.05, 3.63) is 23.1 Å². The summed E-state index contributed by atoms with van der Waals surface area (Å²) in [5, 5.41) is 17.4. The Morgan fingerprint density at radius 3 is 2.61 bits per heavy atom. The molecule has 3 heterocycles. The average Bonchev–Trinajstić information content (AvgIpc) is 3.20. The maximum Gasteiger partial charge on any atom is 0.246 e. The quantitative estimate of drug-likeness (QED) is 0.599. The summed E-state index contributed by atoms with van der Waals surface area (Å²) in [5.41, 5.74) is 0. The Hall–Kier alpha value is -1.76. The lowest BCUT2D eigenvalue weighted by atomic mass is 9.95. The molecule has 0 unspecified atom stereocenters. The second-order valence-electron chi connectivity index (χ2n) is 8.03. The molecule has 2 aromatic heterocycles. The highest BCUT2D eigenvalue weighted by Crippen LogP contribution is 2.29. The summed E-state index contributed by atoms with van der Waals surface area (Å²) >= 11 is 3.42. The Balaban J connectivity index is 1.36. The van der Waals surface area contributed by atoms with Crippen LogP contribution in [0.2, 0.25) is 0 Å². The van der Waals surface area contributed by atoms with Crippen LogP contribution in [0.15, 0.2) is 28.0 Å². The van der Waals surface area contributed by atoms with Gasteiger partial charge in [-0.1, -0.05) is 6.42 Å². The lowest BCUT2D eigenvalue weighted by Gasteiger charge is -2.31. The molecule has 170 valence electrons. The van der Waals surface area contributed by atoms with E-state index in [2.05, 4.69) is 36.3 Å². The largest absolute Gasteiger partial charge is 0.471 e. The Kier molecular flexibility index (Phi) is 6.80. The van der Waals surface area contributed by atoms with E-state index in [0.29, 0.717) is 42.2 Å². The highest BCUT2D eigenvalue weighted by atomic mass is 79.9. The lowest BCUT2D eigenvalue weighted by Crippen LogP contribution is -2.42. The third-order valence-electron chi connectivity index (χ3n) is 5.75. The van der Waals surface area contributed by atoms with Crippen molar-refractivity contribution in [2.75, 3.05) is 18.4 Å². The van der Waals surface area contributed by atoms with Gasteiger partial charge in [0.15, 0.2) is 0 Å². The fraction of sp³-hybridized carbons (Fsp3) is 0.632. The topological polar surface area (TPSA) is 122 Å². The second kappa shape index (κ2) is 9.39. The molecule has 0 radical (unpaired) electrons. The van der Waals surface area contributed by atoms with Crippen LogP contribution in [-0.4, -0.2) is 68.9 Å². The van der Waals surface area contributed by atoms with Gasteiger partial charge in [0.1, 0.15) is 11.0 Å². The molecule has 1 aliphatic carbocycles. The Bertz CT molecular complexity index is 1010. The predicted molar refractivity (Wildman–Crippen MR) is 117 cm³/mol. The van der Waals surface area contributed by atoms with Gasteiger partial charge in [0, 0.05) is 32.4 Å². The number of anilines is 1. The number of nitrogens with one attached hydrogen (secondary N) is 1. The number of aliphatic hydroxyl groups excluding tert-OH is 1. The fourth-order valence-electron chi connectivity index (χ4n) is 3.97. The first kappa shape index (κ1) is 22.4. The number of aromatic nitrogens is 4. The Morgan fingerprint density at radius 1 is 1.19 bits per heavy atom. The summed E-state index contributed by atoms with van der Waals surface area (Å²) in [6, 6.07) is 0.0506. The number of nitrogens with zero attached hydrogens (tertiary/aromatic N) is 5. The van der Waals surface area contributed by atoms with E-state index in [1.54, 1.807) is 13.2 Å². The van der Waals surface area contributed by atoms with Crippen LogP contribution in [0.25, 0.3) is 0 Å². The van der Waals surface area contributed by atoms with Crippen LogP contribution in [-0.2, 0) is 17.1 Å². The Morgan fingerprint density at radius 2 is 1.94 bits per heavy atom. The molecule has 1 saturated heterocycles. The highest BCUT2D eigenvalue weighted by Gasteiger charge is 2.31. The van der Waals surface area contributed by atoms with E-state index in [1.165, 1.54) is 21.4 Å². The van der Waals surface area contributed by atoms with E-state index < -0.39 is 16.1 Å². The minimum absolute atomic E-state index is 0.0506. The van der Waals surface area contributed by atoms with Crippen LogP contribution in [0.4, 0.5) is 5.95 Å². The number of sulfonamides is 1. The molecule has 12 heteroatoms. The van der Waals surface area contributed by atoms with Crippen LogP contribution in [0, 0.1) is 0 Å². The number of ether oxygens (including phenoxy) is 1. The molecular formula is C19H27BrN6O4S. The van der Waals surface area contributed by atoms with Gasteiger partial charge in [-0.05, 0) is 48.0 Å². The van der Waals surface area contributed by atoms with Crippen LogP contribution in [0.5, 0.6) is 5.88 Å². The number of piperidine rings is 1. The zero-order chi connectivity index (χ0) is 22.0. The van der Waals surface area contributed by atoms with Gasteiger partial charge < -0.3 is 15.2 Å². The van der Waals surface area contributed by atoms with Crippen molar-refractivity contribution < 1.29 is 18.3 Å². The van der Waals surface area contributed by atoms with Gasteiger partial charge in [0.25, 0.3) is 0 Å². The molecule has 2 aromatic rings. The van der Waals surface area contributed by atoms with Crippen LogP contribution in [0.3, 0.4) is 0 Å². The second-order valence-corrected chi connectivity index (χ2v) is 10.8. The third kappa shape index (κ3) is 5.18. The Labute approximate surface area is 190 Å². The number of halogens is 1. The van der Waals surface area contributed by atoms with Crippen molar-refractivity contribution in [2.24, 2.45) is 7.05 Å². The van der Waals surface area contributed by atoms with Crippen molar-refractivity contribution in [3.63, 3.8) is 0 Å². The first-order valence-corrected chi connectivity index (χ1v) is 12.7. The maximum atomic E-state index is 12.7. The molecule has 0 aromatic carbocycles. The van der Waals surface area contributed by atoms with Gasteiger partial charge in [-0.25, -0.2) is 13.4 Å². The van der Waals surface area contributed by atoms with E-state index in [-0.39, 0.29) is 17.0 Å². The molecule has 2 fully saturated rings. The number of hydrogen-bond acceptors (Lipinski definition) is 8. The molecule has 0 spiro atoms. The van der Waals surface area contributed by atoms with Crippen molar-refractivity contribution in [1.29, 1.82) is 0 Å². The van der Waals surface area contributed by atoms with Gasteiger partial charge in [0.2, 0.25) is 21.9 Å². The molecule has 0 bridgehead atoms. The SMILES string of the molecule is Cn1cc(S(=O)(=O)N2CCC(Nc3ncc(Br)c(O[C@H]4CCCC[C@H]4O)n3)CC2)cn1. The third-order valence-corrected chi connectivity index (χ3v) is 8.14. The normalized spacial score (nSPS) is 23.6. The van der Waals surface area contributed by atoms with E-state index in [0.717, 1.165) is 25.7 Å². The van der Waals surface area contributed by atoms with Crippen LogP contribution < -0.4 is 10.1 Å². The molecule has 0 amide bonds. The molecule has 4 rings (SSSR count). The van der Waals surface area contributed by atoms with E-state index in [4.69, 9.17) is 4.74 Å². The van der Waals surface area contributed by atoms with E-state index >= 15 is 0 Å². The summed E-state index contributed by atoms with van der Waals surface area (Å²) in [4.78, 5) is 8.99. The average molecular weight is 515 g/mol. The minimum Gasteiger partial charge on any atom is -0.471 e. The van der Waals surface area contributed by atoms with Crippen LogP contribution >= 0.6 is 15.9 Å². The van der Waals surface area contributed by atoms with Crippen molar-refractivity contribution >= 4 is 31.9 Å². The van der Waals surface area contributed by atoms with Crippen LogP contribution in [0.1, 0.15) is 38.5 Å². The fourth-order valence-corrected chi connectivity index (χ4v) is 5.71. The first-order valence-electron chi connectivity index (χ1n) is 10.5. The molecular weight excluding hydrogens is 488 g/mol. The lowest BCUT2D eigenvalue weighted by molar-refractivity contribution is 0.00408. The van der Waals surface area contributed by atoms with Gasteiger partial charge >= 0.3 is 0 Å². The summed E-state index contributed by atoms with van der Waals surface area (Å²) in [5.74, 6) is 0.831. The van der Waals surface area contributed by atoms with E-state index in [1.807, 2.05) is 0 Å². The zero-order valence-corrected chi connectivity index (χ0v) is 19.7. The summed E-state index contributed by atoms with van der Waals surface area (Å²) in [6.07, 6.45) is 8.59. The first-order chi connectivity index (χ1) is 14.8. The van der Waals surface area contributed by atoms with Gasteiger partial charge in [-0.3, -0.25) is 4.68 Å². The predicted octanol–water partition coefficient (Wildman–Crippen LogP) is 1.92. The molecule has 2 atom stereocenters. The molecule has 2 aliphatic rings. The number of aliphatic hydroxyl groups is 1. The maximum absolute atomic E-state index is 12.7. The number of aryl methyl sites for hydroxylation is 1. The highest BCUT2D eigenvalue weighted by molar-refractivity contribution is 9.10. The standard InChI is InChI=1S/C19H27BrN6O4S/c1-25-12-14(10-22-25)31(28,29)26-8-6-13(7-9-26)23-19-21-11-15(20)18(24-19)30-17-5-3-2-4-16(17)27/h10-13,16-17,27H,2-9H2,1H3,(H,21,23,24)/t16-,17+/m1/s1. The minimum atomic E-state index is -3.53. The van der Waals surface area contributed by atoms with Crippen molar-refractivity contribution in [3.8, 4) is 5.88 Å². The number of hydrogen-bond donors (Lipinski definition) is 2. The number of rotatable bonds is 6.